The summed E-state index contributed by atoms with van der Waals surface area (Å²) in [5.74, 6) is 1.12. The Morgan fingerprint density at radius 2 is 1.94 bits per heavy atom. The maximum Gasteiger partial charge on any atom is 0.0431 e. The van der Waals surface area contributed by atoms with Gasteiger partial charge in [0, 0.05) is 18.0 Å². The summed E-state index contributed by atoms with van der Waals surface area (Å²) < 4.78 is 0. The summed E-state index contributed by atoms with van der Waals surface area (Å²) in [5.41, 5.74) is 1.32. The van der Waals surface area contributed by atoms with E-state index in [0.29, 0.717) is 6.61 Å². The number of thioether (sulfide) groups is 1. The van der Waals surface area contributed by atoms with Crippen LogP contribution in [0, 0.1) is 0 Å². The van der Waals surface area contributed by atoms with E-state index in [1.54, 1.807) is 0 Å². The minimum absolute atomic E-state index is 0.296. The van der Waals surface area contributed by atoms with Gasteiger partial charge >= 0.3 is 0 Å². The van der Waals surface area contributed by atoms with Crippen LogP contribution in [-0.4, -0.2) is 24.0 Å². The lowest BCUT2D eigenvalue weighted by atomic mass is 10.2. The zero-order valence-electron chi connectivity index (χ0n) is 9.91. The summed E-state index contributed by atoms with van der Waals surface area (Å²) in [5, 5.41) is 12.0. The predicted octanol–water partition coefficient (Wildman–Crippen LogP) is 2.66. The van der Waals surface area contributed by atoms with Gasteiger partial charge in [0.15, 0.2) is 0 Å². The van der Waals surface area contributed by atoms with Gasteiger partial charge in [-0.25, -0.2) is 0 Å². The molecule has 0 saturated carbocycles. The third kappa shape index (κ3) is 5.54. The number of hydrogen-bond donors (Lipinski definition) is 2. The van der Waals surface area contributed by atoms with Crippen LogP contribution in [0.5, 0.6) is 0 Å². The fourth-order valence-electron chi connectivity index (χ4n) is 1.46. The van der Waals surface area contributed by atoms with Gasteiger partial charge in [-0.05, 0) is 42.8 Å². The lowest BCUT2D eigenvalue weighted by Crippen LogP contribution is -2.14. The van der Waals surface area contributed by atoms with Crippen LogP contribution in [-0.2, 0) is 6.54 Å². The van der Waals surface area contributed by atoms with Gasteiger partial charge in [0.1, 0.15) is 0 Å². The molecule has 3 heteroatoms. The average molecular weight is 239 g/mol. The second-order valence-electron chi connectivity index (χ2n) is 3.68. The van der Waals surface area contributed by atoms with Crippen molar-refractivity contribution >= 4 is 11.8 Å². The van der Waals surface area contributed by atoms with E-state index in [1.165, 1.54) is 10.5 Å². The molecule has 2 N–H and O–H groups in total. The maximum atomic E-state index is 8.63. The fourth-order valence-corrected chi connectivity index (χ4v) is 2.13. The van der Waals surface area contributed by atoms with Crippen molar-refractivity contribution in [3.8, 4) is 0 Å². The molecular weight excluding hydrogens is 218 g/mol. The molecule has 0 aromatic heterocycles. The first-order valence-electron chi connectivity index (χ1n) is 5.90. The summed E-state index contributed by atoms with van der Waals surface area (Å²) in [4.78, 5) is 1.34. The zero-order valence-corrected chi connectivity index (χ0v) is 10.7. The molecule has 0 aliphatic rings. The Morgan fingerprint density at radius 3 is 2.56 bits per heavy atom. The second kappa shape index (κ2) is 8.62. The van der Waals surface area contributed by atoms with Crippen molar-refractivity contribution in [2.75, 3.05) is 18.9 Å². The Hall–Kier alpha value is -0.510. The van der Waals surface area contributed by atoms with Gasteiger partial charge in [-0.1, -0.05) is 19.1 Å². The van der Waals surface area contributed by atoms with Crippen molar-refractivity contribution in [3.05, 3.63) is 29.8 Å². The lowest BCUT2D eigenvalue weighted by Gasteiger charge is -2.05. The Morgan fingerprint density at radius 1 is 1.19 bits per heavy atom. The predicted molar refractivity (Wildman–Crippen MR) is 70.9 cm³/mol. The number of unbranched alkanes of at least 4 members (excludes halogenated alkanes) is 1. The van der Waals surface area contributed by atoms with Crippen molar-refractivity contribution in [2.24, 2.45) is 0 Å². The highest BCUT2D eigenvalue weighted by Crippen LogP contribution is 2.17. The Kier molecular flexibility index (Phi) is 7.30. The highest BCUT2D eigenvalue weighted by Gasteiger charge is 1.94. The number of aliphatic hydroxyl groups excluding tert-OH is 1. The highest BCUT2D eigenvalue weighted by molar-refractivity contribution is 7.99. The molecule has 0 spiro atoms. The Balaban J connectivity index is 2.21. The normalized spacial score (nSPS) is 10.6. The van der Waals surface area contributed by atoms with Gasteiger partial charge in [-0.2, -0.15) is 0 Å². The van der Waals surface area contributed by atoms with E-state index in [9.17, 15) is 0 Å². The highest BCUT2D eigenvalue weighted by atomic mass is 32.2. The van der Waals surface area contributed by atoms with Crippen LogP contribution in [0.1, 0.15) is 25.3 Å². The van der Waals surface area contributed by atoms with Crippen LogP contribution in [0.15, 0.2) is 29.2 Å². The van der Waals surface area contributed by atoms with Crippen LogP contribution in [0.2, 0.25) is 0 Å². The van der Waals surface area contributed by atoms with Crippen LogP contribution in [0.25, 0.3) is 0 Å². The van der Waals surface area contributed by atoms with Crippen molar-refractivity contribution in [3.63, 3.8) is 0 Å². The van der Waals surface area contributed by atoms with Crippen molar-refractivity contribution in [2.45, 2.75) is 31.2 Å². The minimum atomic E-state index is 0.296. The minimum Gasteiger partial charge on any atom is -0.396 e. The molecule has 0 aliphatic heterocycles. The van der Waals surface area contributed by atoms with E-state index in [2.05, 4.69) is 36.5 Å². The topological polar surface area (TPSA) is 32.3 Å². The molecule has 0 amide bonds. The van der Waals surface area contributed by atoms with Gasteiger partial charge in [0.05, 0.1) is 0 Å². The first kappa shape index (κ1) is 13.6. The molecule has 0 fully saturated rings. The van der Waals surface area contributed by atoms with Gasteiger partial charge in [0.2, 0.25) is 0 Å². The van der Waals surface area contributed by atoms with E-state index in [1.807, 2.05) is 11.8 Å². The SMILES string of the molecule is CCSc1ccc(CNCCCCO)cc1. The summed E-state index contributed by atoms with van der Waals surface area (Å²) in [6.07, 6.45) is 1.93. The van der Waals surface area contributed by atoms with E-state index in [4.69, 9.17) is 5.11 Å². The van der Waals surface area contributed by atoms with Crippen molar-refractivity contribution in [1.82, 2.24) is 5.32 Å². The number of hydrogen-bond acceptors (Lipinski definition) is 3. The monoisotopic (exact) mass is 239 g/mol. The standard InChI is InChI=1S/C13H21NOS/c1-2-16-13-7-5-12(6-8-13)11-14-9-3-4-10-15/h5-8,14-15H,2-4,9-11H2,1H3. The fraction of sp³-hybridized carbons (Fsp3) is 0.538. The van der Waals surface area contributed by atoms with Crippen LogP contribution in [0.4, 0.5) is 0 Å². The Bertz CT molecular complexity index is 274. The summed E-state index contributed by atoms with van der Waals surface area (Å²) in [6.45, 7) is 4.36. The molecule has 1 aromatic rings. The molecule has 1 rings (SSSR count). The molecule has 1 aromatic carbocycles. The zero-order chi connectivity index (χ0) is 11.6. The number of rotatable bonds is 8. The molecule has 90 valence electrons. The van der Waals surface area contributed by atoms with Gasteiger partial charge in [-0.3, -0.25) is 0 Å². The van der Waals surface area contributed by atoms with Crippen LogP contribution < -0.4 is 5.32 Å². The second-order valence-corrected chi connectivity index (χ2v) is 5.02. The lowest BCUT2D eigenvalue weighted by molar-refractivity contribution is 0.283. The van der Waals surface area contributed by atoms with Gasteiger partial charge in [0.25, 0.3) is 0 Å². The number of nitrogens with one attached hydrogen (secondary N) is 1. The largest absolute Gasteiger partial charge is 0.396 e. The molecule has 0 heterocycles. The summed E-state index contributed by atoms with van der Waals surface area (Å²) in [6, 6.07) is 8.71. The van der Waals surface area contributed by atoms with Crippen LogP contribution in [0.3, 0.4) is 0 Å². The molecule has 0 unspecified atom stereocenters. The number of aliphatic hydroxyl groups is 1. The molecule has 2 nitrogen and oxygen atoms in total. The third-order valence-corrected chi connectivity index (χ3v) is 3.22. The smallest absolute Gasteiger partial charge is 0.0431 e. The van der Waals surface area contributed by atoms with Gasteiger partial charge < -0.3 is 10.4 Å². The van der Waals surface area contributed by atoms with Crippen molar-refractivity contribution < 1.29 is 5.11 Å². The van der Waals surface area contributed by atoms with Crippen LogP contribution >= 0.6 is 11.8 Å². The Labute approximate surface area is 102 Å². The van der Waals surface area contributed by atoms with E-state index < -0.39 is 0 Å². The average Bonchev–Trinajstić information content (AvgIpc) is 2.31. The number of benzene rings is 1. The van der Waals surface area contributed by atoms with Crippen molar-refractivity contribution in [1.29, 1.82) is 0 Å². The quantitative estimate of drug-likeness (QED) is 0.540. The molecular formula is C13H21NOS. The van der Waals surface area contributed by atoms with E-state index >= 15 is 0 Å². The molecule has 0 radical (unpaired) electrons. The summed E-state index contributed by atoms with van der Waals surface area (Å²) in [7, 11) is 0. The van der Waals surface area contributed by atoms with E-state index in [-0.39, 0.29) is 0 Å². The van der Waals surface area contributed by atoms with Gasteiger partial charge in [-0.15, -0.1) is 11.8 Å². The molecule has 16 heavy (non-hydrogen) atoms. The molecule has 0 aliphatic carbocycles. The summed E-state index contributed by atoms with van der Waals surface area (Å²) >= 11 is 1.87. The third-order valence-electron chi connectivity index (χ3n) is 2.33. The first-order chi connectivity index (χ1) is 7.86. The molecule has 0 bridgehead atoms. The molecule has 0 atom stereocenters. The first-order valence-corrected chi connectivity index (χ1v) is 6.88. The molecule has 0 saturated heterocycles. The van der Waals surface area contributed by atoms with E-state index in [0.717, 1.165) is 31.7 Å². The maximum absolute atomic E-state index is 8.63.